The van der Waals surface area contributed by atoms with Crippen molar-refractivity contribution >= 4 is 37.3 Å². The second-order valence-corrected chi connectivity index (χ2v) is 15.1. The molecule has 1 atom stereocenters. The Labute approximate surface area is 282 Å². The number of phosphoric acid groups is 1. The van der Waals surface area contributed by atoms with Crippen LogP contribution in [-0.4, -0.2) is 52.0 Å². The number of nitrogens with one attached hydrogen (secondary N) is 1. The maximum Gasteiger partial charge on any atom is 0.474 e. The lowest BCUT2D eigenvalue weighted by atomic mass is 9.87. The number of halogens is 1. The van der Waals surface area contributed by atoms with E-state index in [4.69, 9.17) is 39.4 Å². The molecule has 0 bridgehead atoms. The molecule has 9 nitrogen and oxygen atoms in total. The van der Waals surface area contributed by atoms with Crippen molar-refractivity contribution in [2.75, 3.05) is 34.7 Å². The topological polar surface area (TPSA) is 102 Å². The molecular formula is C34H45ClNO8PS. The minimum atomic E-state index is -3.80. The molecule has 252 valence electrons. The van der Waals surface area contributed by atoms with Gasteiger partial charge in [-0.05, 0) is 81.0 Å². The second-order valence-electron chi connectivity index (χ2n) is 11.7. The Balaban J connectivity index is 1.86. The van der Waals surface area contributed by atoms with Gasteiger partial charge in [0.2, 0.25) is 0 Å². The number of rotatable bonds is 17. The van der Waals surface area contributed by atoms with Crippen LogP contribution in [0.15, 0.2) is 76.5 Å². The molecule has 3 aromatic carbocycles. The lowest BCUT2D eigenvalue weighted by molar-refractivity contribution is 0.0351. The number of carbonyl (C=O) groups excluding carboxylic acids is 1. The van der Waals surface area contributed by atoms with Gasteiger partial charge >= 0.3 is 13.9 Å². The van der Waals surface area contributed by atoms with E-state index in [2.05, 4.69) is 23.5 Å². The first-order valence-corrected chi connectivity index (χ1v) is 17.6. The highest BCUT2D eigenvalue weighted by molar-refractivity contribution is 7.99. The van der Waals surface area contributed by atoms with Crippen molar-refractivity contribution in [1.82, 2.24) is 5.32 Å². The molecule has 0 radical (unpaired) electrons. The van der Waals surface area contributed by atoms with E-state index in [1.54, 1.807) is 39.6 Å². The molecule has 0 aromatic heterocycles. The maximum atomic E-state index is 12.9. The Kier molecular flexibility index (Phi) is 14.5. The van der Waals surface area contributed by atoms with Gasteiger partial charge in [0.15, 0.2) is 6.79 Å². The summed E-state index contributed by atoms with van der Waals surface area (Å²) in [5.74, 6) is 0.703. The zero-order chi connectivity index (χ0) is 33.8. The predicted molar refractivity (Wildman–Crippen MR) is 183 cm³/mol. The summed E-state index contributed by atoms with van der Waals surface area (Å²) in [7, 11) is 0.274. The number of benzene rings is 3. The van der Waals surface area contributed by atoms with Crippen LogP contribution in [0.3, 0.4) is 0 Å². The molecular weight excluding hydrogens is 649 g/mol. The van der Waals surface area contributed by atoms with E-state index in [0.29, 0.717) is 36.5 Å². The highest BCUT2D eigenvalue weighted by atomic mass is 35.5. The van der Waals surface area contributed by atoms with Crippen molar-refractivity contribution < 1.29 is 37.1 Å². The van der Waals surface area contributed by atoms with E-state index < -0.39 is 25.1 Å². The smallest absolute Gasteiger partial charge is 0.466 e. The van der Waals surface area contributed by atoms with Gasteiger partial charge in [-0.2, -0.15) is 0 Å². The van der Waals surface area contributed by atoms with Gasteiger partial charge in [-0.1, -0.05) is 79.2 Å². The van der Waals surface area contributed by atoms with E-state index in [0.717, 1.165) is 26.5 Å². The Morgan fingerprint density at radius 1 is 0.935 bits per heavy atom. The number of hydrogen-bond acceptors (Lipinski definition) is 9. The van der Waals surface area contributed by atoms with Gasteiger partial charge in [0.25, 0.3) is 0 Å². The molecule has 46 heavy (non-hydrogen) atoms. The maximum absolute atomic E-state index is 12.9. The third kappa shape index (κ3) is 11.6. The van der Waals surface area contributed by atoms with E-state index in [-0.39, 0.29) is 13.4 Å². The standard InChI is InChI=1S/C34H45ClNO8PS/c1-8-19-34(23-43-45(38,40-6)41-7,36-32(37)44-33(2,3)4)20-18-26-14-16-28(22-29(26)35)46-31-21-27(25-12-10-9-11-13-25)15-17-30(31)42-24-39-5/h9-17,21-22H,8,18-20,23-24H2,1-7H3,(H,36,37)/t34-/m0/s1. The number of alkyl carbamates (subject to hydrolysis) is 1. The van der Waals surface area contributed by atoms with Crippen molar-refractivity contribution in [2.45, 2.75) is 74.3 Å². The highest BCUT2D eigenvalue weighted by Crippen LogP contribution is 2.48. The third-order valence-electron chi connectivity index (χ3n) is 6.95. The average molecular weight is 694 g/mol. The van der Waals surface area contributed by atoms with E-state index in [1.807, 2.05) is 55.5 Å². The summed E-state index contributed by atoms with van der Waals surface area (Å²) in [4.78, 5) is 14.8. The largest absolute Gasteiger partial charge is 0.474 e. The minimum absolute atomic E-state index is 0.118. The zero-order valence-electron chi connectivity index (χ0n) is 27.6. The Hall–Kier alpha value is -2.56. The Morgan fingerprint density at radius 3 is 2.26 bits per heavy atom. The molecule has 0 aliphatic rings. The average Bonchev–Trinajstić information content (AvgIpc) is 3.02. The van der Waals surface area contributed by atoms with Crippen molar-refractivity contribution in [2.24, 2.45) is 0 Å². The molecule has 0 saturated carbocycles. The normalized spacial score (nSPS) is 13.2. The summed E-state index contributed by atoms with van der Waals surface area (Å²) < 4.78 is 44.9. The first kappa shape index (κ1) is 37.9. The molecule has 0 saturated heterocycles. The van der Waals surface area contributed by atoms with Gasteiger partial charge in [-0.3, -0.25) is 13.6 Å². The molecule has 0 aliphatic carbocycles. The number of methoxy groups -OCH3 is 1. The Morgan fingerprint density at radius 2 is 1.65 bits per heavy atom. The van der Waals surface area contributed by atoms with Crippen molar-refractivity contribution in [3.05, 3.63) is 77.3 Å². The highest BCUT2D eigenvalue weighted by Gasteiger charge is 2.37. The summed E-state index contributed by atoms with van der Waals surface area (Å²) in [5.41, 5.74) is 1.40. The summed E-state index contributed by atoms with van der Waals surface area (Å²) >= 11 is 8.39. The molecule has 0 aliphatic heterocycles. The van der Waals surface area contributed by atoms with Crippen molar-refractivity contribution in [3.63, 3.8) is 0 Å². The van der Waals surface area contributed by atoms with Crippen LogP contribution in [0.5, 0.6) is 5.75 Å². The molecule has 0 fully saturated rings. The van der Waals surface area contributed by atoms with Crippen LogP contribution in [0.4, 0.5) is 4.79 Å². The molecule has 0 unspecified atom stereocenters. The molecule has 3 rings (SSSR count). The van der Waals surface area contributed by atoms with Crippen LogP contribution >= 0.6 is 31.2 Å². The number of phosphoric ester groups is 1. The lowest BCUT2D eigenvalue weighted by Crippen LogP contribution is -2.53. The molecule has 0 heterocycles. The number of carbonyl (C=O) groups is 1. The monoisotopic (exact) mass is 693 g/mol. The number of hydrogen-bond donors (Lipinski definition) is 1. The van der Waals surface area contributed by atoms with Gasteiger partial charge in [0.05, 0.1) is 17.0 Å². The first-order chi connectivity index (χ1) is 21.8. The third-order valence-corrected chi connectivity index (χ3v) is 9.67. The fraction of sp³-hybridized carbons (Fsp3) is 0.441. The summed E-state index contributed by atoms with van der Waals surface area (Å²) in [6, 6.07) is 22.1. The van der Waals surface area contributed by atoms with Crippen LogP contribution in [0.25, 0.3) is 11.1 Å². The van der Waals surface area contributed by atoms with E-state index in [1.165, 1.54) is 14.2 Å². The summed E-state index contributed by atoms with van der Waals surface area (Å²) in [6.45, 7) is 7.37. The molecule has 12 heteroatoms. The molecule has 0 spiro atoms. The molecule has 1 N–H and O–H groups in total. The summed E-state index contributed by atoms with van der Waals surface area (Å²) in [5, 5.41) is 3.57. The molecule has 1 amide bonds. The first-order valence-electron chi connectivity index (χ1n) is 15.0. The van der Waals surface area contributed by atoms with Crippen molar-refractivity contribution in [1.29, 1.82) is 0 Å². The minimum Gasteiger partial charge on any atom is -0.466 e. The molecule has 3 aromatic rings. The number of aryl methyl sites for hydroxylation is 1. The van der Waals surface area contributed by atoms with E-state index in [9.17, 15) is 9.36 Å². The zero-order valence-corrected chi connectivity index (χ0v) is 30.1. The quantitative estimate of drug-likeness (QED) is 0.109. The number of amides is 1. The van der Waals surface area contributed by atoms with Crippen LogP contribution < -0.4 is 10.1 Å². The van der Waals surface area contributed by atoms with Crippen LogP contribution in [-0.2, 0) is 34.0 Å². The van der Waals surface area contributed by atoms with Crippen LogP contribution in [0.2, 0.25) is 5.02 Å². The van der Waals surface area contributed by atoms with Gasteiger partial charge in [-0.25, -0.2) is 9.36 Å². The number of ether oxygens (including phenoxy) is 3. The van der Waals surface area contributed by atoms with Gasteiger partial charge in [0, 0.05) is 31.2 Å². The van der Waals surface area contributed by atoms with Gasteiger partial charge in [-0.15, -0.1) is 0 Å². The van der Waals surface area contributed by atoms with Crippen LogP contribution in [0, 0.1) is 0 Å². The second kappa shape index (κ2) is 17.6. The van der Waals surface area contributed by atoms with Gasteiger partial charge in [0.1, 0.15) is 11.4 Å². The fourth-order valence-electron chi connectivity index (χ4n) is 4.75. The predicted octanol–water partition coefficient (Wildman–Crippen LogP) is 9.55. The Bertz CT molecular complexity index is 1460. The fourth-order valence-corrected chi connectivity index (χ4v) is 6.83. The van der Waals surface area contributed by atoms with E-state index >= 15 is 0 Å². The van der Waals surface area contributed by atoms with Gasteiger partial charge < -0.3 is 19.5 Å². The lowest BCUT2D eigenvalue weighted by Gasteiger charge is -2.36. The van der Waals surface area contributed by atoms with Crippen LogP contribution in [0.1, 0.15) is 52.5 Å². The SMILES string of the molecule is CCC[C@](CCc1ccc(Sc2cc(-c3ccccc3)ccc2OCOC)cc1Cl)(COP(=O)(OC)OC)NC(=O)OC(C)(C)C. The van der Waals surface area contributed by atoms with Crippen molar-refractivity contribution in [3.8, 4) is 16.9 Å². The summed E-state index contributed by atoms with van der Waals surface area (Å²) in [6.07, 6.45) is 1.55.